The molecular weight excluding hydrogens is 369 g/mol. The van der Waals surface area contributed by atoms with Crippen LogP contribution in [0.3, 0.4) is 0 Å². The molecule has 2 aromatic rings. The highest BCUT2D eigenvalue weighted by Crippen LogP contribution is 2.37. The monoisotopic (exact) mass is 384 g/mol. The maximum atomic E-state index is 13.2. The van der Waals surface area contributed by atoms with Crippen molar-refractivity contribution in [1.29, 1.82) is 0 Å². The Morgan fingerprint density at radius 1 is 1.08 bits per heavy atom. The van der Waals surface area contributed by atoms with E-state index in [4.69, 9.17) is 0 Å². The SMILES string of the molecule is CC(=O)Nc1ccc(NS(=O)(=O)/C=C/c2ccccc2)c(C(F)(F)F)c1. The molecule has 0 aromatic heterocycles. The average Bonchev–Trinajstić information content (AvgIpc) is 2.54. The van der Waals surface area contributed by atoms with Crippen LogP contribution in [0, 0.1) is 0 Å². The van der Waals surface area contributed by atoms with E-state index < -0.39 is 33.4 Å². The molecule has 0 aliphatic heterocycles. The van der Waals surface area contributed by atoms with E-state index in [0.717, 1.165) is 18.4 Å². The van der Waals surface area contributed by atoms with Gasteiger partial charge in [0.25, 0.3) is 10.0 Å². The lowest BCUT2D eigenvalue weighted by Gasteiger charge is -2.15. The van der Waals surface area contributed by atoms with Crippen LogP contribution in [-0.4, -0.2) is 14.3 Å². The minimum absolute atomic E-state index is 0.0902. The molecule has 0 aliphatic rings. The smallest absolute Gasteiger partial charge is 0.326 e. The third-order valence-corrected chi connectivity index (χ3v) is 4.14. The van der Waals surface area contributed by atoms with Crippen molar-refractivity contribution in [1.82, 2.24) is 0 Å². The van der Waals surface area contributed by atoms with Crippen LogP contribution in [0.4, 0.5) is 24.5 Å². The Morgan fingerprint density at radius 3 is 2.31 bits per heavy atom. The van der Waals surface area contributed by atoms with Crippen molar-refractivity contribution in [2.75, 3.05) is 10.0 Å². The summed E-state index contributed by atoms with van der Waals surface area (Å²) in [6.07, 6.45) is -3.54. The normalized spacial score (nSPS) is 12.2. The van der Waals surface area contributed by atoms with Gasteiger partial charge in [-0.1, -0.05) is 30.3 Å². The number of benzene rings is 2. The Balaban J connectivity index is 2.32. The first-order chi connectivity index (χ1) is 12.1. The van der Waals surface area contributed by atoms with Crippen LogP contribution in [-0.2, 0) is 21.0 Å². The summed E-state index contributed by atoms with van der Waals surface area (Å²) in [7, 11) is -4.17. The molecule has 0 heterocycles. The van der Waals surface area contributed by atoms with E-state index in [1.54, 1.807) is 30.3 Å². The summed E-state index contributed by atoms with van der Waals surface area (Å²) < 4.78 is 65.7. The lowest BCUT2D eigenvalue weighted by atomic mass is 10.1. The fourth-order valence-electron chi connectivity index (χ4n) is 2.07. The van der Waals surface area contributed by atoms with E-state index in [2.05, 4.69) is 5.32 Å². The number of carbonyl (C=O) groups excluding carboxylic acids is 1. The Morgan fingerprint density at radius 2 is 1.73 bits per heavy atom. The van der Waals surface area contributed by atoms with Gasteiger partial charge in [-0.15, -0.1) is 0 Å². The molecule has 5 nitrogen and oxygen atoms in total. The summed E-state index contributed by atoms with van der Waals surface area (Å²) in [6, 6.07) is 11.2. The average molecular weight is 384 g/mol. The summed E-state index contributed by atoms with van der Waals surface area (Å²) in [5, 5.41) is 3.01. The molecule has 0 unspecified atom stereocenters. The van der Waals surface area contributed by atoms with Crippen LogP contribution in [0.2, 0.25) is 0 Å². The zero-order valence-corrected chi connectivity index (χ0v) is 14.4. The molecule has 0 spiro atoms. The Bertz CT molecular complexity index is 924. The van der Waals surface area contributed by atoms with Gasteiger partial charge in [-0.25, -0.2) is 8.42 Å². The summed E-state index contributed by atoms with van der Waals surface area (Å²) in [5.41, 5.74) is -1.35. The minimum atomic E-state index is -4.81. The van der Waals surface area contributed by atoms with Crippen LogP contribution >= 0.6 is 0 Å². The van der Waals surface area contributed by atoms with E-state index in [0.29, 0.717) is 11.6 Å². The lowest BCUT2D eigenvalue weighted by Crippen LogP contribution is -2.16. The number of anilines is 2. The molecule has 138 valence electrons. The first kappa shape index (κ1) is 19.5. The van der Waals surface area contributed by atoms with Gasteiger partial charge in [0.05, 0.1) is 16.7 Å². The molecule has 2 N–H and O–H groups in total. The van der Waals surface area contributed by atoms with Gasteiger partial charge in [-0.3, -0.25) is 9.52 Å². The van der Waals surface area contributed by atoms with E-state index in [-0.39, 0.29) is 5.69 Å². The zero-order chi connectivity index (χ0) is 19.4. The maximum absolute atomic E-state index is 13.2. The third-order valence-electron chi connectivity index (χ3n) is 3.14. The van der Waals surface area contributed by atoms with Gasteiger partial charge < -0.3 is 5.32 Å². The molecule has 0 atom stereocenters. The van der Waals surface area contributed by atoms with Crippen LogP contribution in [0.5, 0.6) is 0 Å². The number of hydrogen-bond acceptors (Lipinski definition) is 3. The van der Waals surface area contributed by atoms with Crippen molar-refractivity contribution in [3.63, 3.8) is 0 Å². The minimum Gasteiger partial charge on any atom is -0.326 e. The predicted molar refractivity (Wildman–Crippen MR) is 93.8 cm³/mol. The van der Waals surface area contributed by atoms with Crippen LogP contribution in [0.1, 0.15) is 18.1 Å². The number of alkyl halides is 3. The number of sulfonamides is 1. The van der Waals surface area contributed by atoms with Crippen molar-refractivity contribution in [3.8, 4) is 0 Å². The molecule has 0 saturated heterocycles. The number of hydrogen-bond donors (Lipinski definition) is 2. The second-order valence-corrected chi connectivity index (χ2v) is 6.87. The second kappa shape index (κ2) is 7.61. The number of amides is 1. The van der Waals surface area contributed by atoms with Gasteiger partial charge in [0.2, 0.25) is 5.91 Å². The molecule has 0 bridgehead atoms. The molecule has 26 heavy (non-hydrogen) atoms. The van der Waals surface area contributed by atoms with E-state index >= 15 is 0 Å². The molecule has 0 aliphatic carbocycles. The molecule has 2 rings (SSSR count). The van der Waals surface area contributed by atoms with Gasteiger partial charge >= 0.3 is 6.18 Å². The topological polar surface area (TPSA) is 75.3 Å². The Labute approximate surface area is 148 Å². The van der Waals surface area contributed by atoms with Crippen LogP contribution in [0.15, 0.2) is 53.9 Å². The molecule has 0 saturated carbocycles. The van der Waals surface area contributed by atoms with Gasteiger partial charge in [0.15, 0.2) is 0 Å². The molecular formula is C17H15F3N2O3S. The standard InChI is InChI=1S/C17H15F3N2O3S/c1-12(23)21-14-7-8-16(15(11-14)17(18,19)20)22-26(24,25)10-9-13-5-3-2-4-6-13/h2-11,22H,1H3,(H,21,23)/b10-9+. The summed E-state index contributed by atoms with van der Waals surface area (Å²) in [6.45, 7) is 1.15. The highest BCUT2D eigenvalue weighted by atomic mass is 32.2. The number of carbonyl (C=O) groups is 1. The highest BCUT2D eigenvalue weighted by Gasteiger charge is 2.34. The zero-order valence-electron chi connectivity index (χ0n) is 13.5. The third kappa shape index (κ3) is 5.62. The summed E-state index contributed by atoms with van der Waals surface area (Å²) in [4.78, 5) is 11.0. The molecule has 0 fully saturated rings. The van der Waals surface area contributed by atoms with Crippen molar-refractivity contribution in [2.24, 2.45) is 0 Å². The first-order valence-corrected chi connectivity index (χ1v) is 8.86. The van der Waals surface area contributed by atoms with Gasteiger partial charge in [0.1, 0.15) is 0 Å². The molecule has 1 amide bonds. The fourth-order valence-corrected chi connectivity index (χ4v) is 2.96. The molecule has 0 radical (unpaired) electrons. The van der Waals surface area contributed by atoms with E-state index in [1.165, 1.54) is 12.1 Å². The quantitative estimate of drug-likeness (QED) is 0.816. The summed E-state index contributed by atoms with van der Waals surface area (Å²) in [5.74, 6) is -0.544. The number of rotatable bonds is 5. The Hall–Kier alpha value is -2.81. The Kier molecular flexibility index (Phi) is 5.71. The van der Waals surface area contributed by atoms with Gasteiger partial charge in [0, 0.05) is 12.6 Å². The van der Waals surface area contributed by atoms with Gasteiger partial charge in [-0.05, 0) is 29.8 Å². The van der Waals surface area contributed by atoms with Crippen molar-refractivity contribution in [3.05, 3.63) is 65.1 Å². The lowest BCUT2D eigenvalue weighted by molar-refractivity contribution is -0.136. The molecule has 2 aromatic carbocycles. The van der Waals surface area contributed by atoms with Crippen molar-refractivity contribution < 1.29 is 26.4 Å². The van der Waals surface area contributed by atoms with E-state index in [1.807, 2.05) is 4.72 Å². The van der Waals surface area contributed by atoms with Gasteiger partial charge in [-0.2, -0.15) is 13.2 Å². The fraction of sp³-hybridized carbons (Fsp3) is 0.118. The molecule has 9 heteroatoms. The largest absolute Gasteiger partial charge is 0.418 e. The number of halogens is 3. The highest BCUT2D eigenvalue weighted by molar-refractivity contribution is 7.95. The predicted octanol–water partition coefficient (Wildman–Crippen LogP) is 4.08. The van der Waals surface area contributed by atoms with Crippen molar-refractivity contribution in [2.45, 2.75) is 13.1 Å². The van der Waals surface area contributed by atoms with Crippen LogP contribution < -0.4 is 10.0 Å². The summed E-state index contributed by atoms with van der Waals surface area (Å²) >= 11 is 0. The van der Waals surface area contributed by atoms with E-state index in [9.17, 15) is 26.4 Å². The van der Waals surface area contributed by atoms with Crippen LogP contribution in [0.25, 0.3) is 6.08 Å². The van der Waals surface area contributed by atoms with Crippen molar-refractivity contribution >= 4 is 33.4 Å². The maximum Gasteiger partial charge on any atom is 0.418 e. The first-order valence-electron chi connectivity index (χ1n) is 7.31. The second-order valence-electron chi connectivity index (χ2n) is 5.30. The number of nitrogens with one attached hydrogen (secondary N) is 2.